The van der Waals surface area contributed by atoms with Crippen molar-refractivity contribution in [2.45, 2.75) is 58.4 Å². The number of carbonyl (C=O) groups excluding carboxylic acids is 1. The van der Waals surface area contributed by atoms with Crippen LogP contribution in [-0.2, 0) is 4.79 Å². The second-order valence-electron chi connectivity index (χ2n) is 5.92. The maximum absolute atomic E-state index is 12.1. The molecular weight excluding hydrogens is 212 g/mol. The van der Waals surface area contributed by atoms with E-state index in [2.05, 4.69) is 24.5 Å². The van der Waals surface area contributed by atoms with E-state index < -0.39 is 0 Å². The smallest absolute Gasteiger partial charge is 0.224 e. The molecule has 1 heterocycles. The van der Waals surface area contributed by atoms with E-state index in [1.54, 1.807) is 0 Å². The summed E-state index contributed by atoms with van der Waals surface area (Å²) in [5.41, 5.74) is 0.408. The molecular formula is C14H26N2O. The molecule has 1 aliphatic heterocycles. The second kappa shape index (κ2) is 5.38. The van der Waals surface area contributed by atoms with Crippen LogP contribution < -0.4 is 10.6 Å². The summed E-state index contributed by atoms with van der Waals surface area (Å²) in [6.45, 7) is 6.25. The molecule has 3 heteroatoms. The van der Waals surface area contributed by atoms with E-state index in [1.807, 2.05) is 0 Å². The predicted molar refractivity (Wildman–Crippen MR) is 69.8 cm³/mol. The first-order chi connectivity index (χ1) is 8.17. The van der Waals surface area contributed by atoms with Gasteiger partial charge in [-0.1, -0.05) is 19.8 Å². The molecule has 17 heavy (non-hydrogen) atoms. The van der Waals surface area contributed by atoms with Crippen molar-refractivity contribution in [2.24, 2.45) is 11.3 Å². The average molecular weight is 238 g/mol. The largest absolute Gasteiger partial charge is 0.355 e. The highest BCUT2D eigenvalue weighted by Crippen LogP contribution is 2.40. The lowest BCUT2D eigenvalue weighted by Gasteiger charge is -2.28. The van der Waals surface area contributed by atoms with Crippen LogP contribution in [0, 0.1) is 11.3 Å². The summed E-state index contributed by atoms with van der Waals surface area (Å²) in [4.78, 5) is 12.1. The third-order valence-corrected chi connectivity index (χ3v) is 4.91. The molecule has 2 aliphatic rings. The van der Waals surface area contributed by atoms with Crippen LogP contribution in [0.1, 0.15) is 52.4 Å². The minimum absolute atomic E-state index is 0.185. The lowest BCUT2D eigenvalue weighted by molar-refractivity contribution is -0.125. The van der Waals surface area contributed by atoms with Crippen molar-refractivity contribution in [1.82, 2.24) is 10.6 Å². The third kappa shape index (κ3) is 2.82. The Bertz CT molecular complexity index is 271. The summed E-state index contributed by atoms with van der Waals surface area (Å²) in [6.07, 6.45) is 7.46. The quantitative estimate of drug-likeness (QED) is 0.787. The molecule has 1 saturated heterocycles. The van der Waals surface area contributed by atoms with E-state index in [0.29, 0.717) is 11.5 Å². The SMILES string of the molecule is CCC1(CNC(=O)C2CCNC2C)CCCC1. The van der Waals surface area contributed by atoms with Crippen molar-refractivity contribution in [3.8, 4) is 0 Å². The molecule has 0 aromatic carbocycles. The van der Waals surface area contributed by atoms with Crippen molar-refractivity contribution in [1.29, 1.82) is 0 Å². The first kappa shape index (κ1) is 12.9. The minimum Gasteiger partial charge on any atom is -0.355 e. The van der Waals surface area contributed by atoms with Gasteiger partial charge >= 0.3 is 0 Å². The van der Waals surface area contributed by atoms with Crippen LogP contribution >= 0.6 is 0 Å². The van der Waals surface area contributed by atoms with Crippen molar-refractivity contribution in [2.75, 3.05) is 13.1 Å². The van der Waals surface area contributed by atoms with E-state index in [0.717, 1.165) is 19.5 Å². The summed E-state index contributed by atoms with van der Waals surface area (Å²) in [6, 6.07) is 0.344. The summed E-state index contributed by atoms with van der Waals surface area (Å²) >= 11 is 0. The third-order valence-electron chi connectivity index (χ3n) is 4.91. The Balaban J connectivity index is 1.82. The molecule has 2 unspecified atom stereocenters. The summed E-state index contributed by atoms with van der Waals surface area (Å²) in [5.74, 6) is 0.451. The molecule has 98 valence electrons. The first-order valence-corrected chi connectivity index (χ1v) is 7.18. The van der Waals surface area contributed by atoms with Gasteiger partial charge in [-0.05, 0) is 44.6 Å². The Hall–Kier alpha value is -0.570. The Morgan fingerprint density at radius 3 is 2.65 bits per heavy atom. The second-order valence-corrected chi connectivity index (χ2v) is 5.92. The molecule has 2 N–H and O–H groups in total. The molecule has 0 bridgehead atoms. The van der Waals surface area contributed by atoms with Gasteiger partial charge in [0.15, 0.2) is 0 Å². The lowest BCUT2D eigenvalue weighted by atomic mass is 9.83. The highest BCUT2D eigenvalue weighted by Gasteiger charge is 2.34. The van der Waals surface area contributed by atoms with Gasteiger partial charge < -0.3 is 10.6 Å². The highest BCUT2D eigenvalue weighted by molar-refractivity contribution is 5.79. The van der Waals surface area contributed by atoms with Gasteiger partial charge in [-0.25, -0.2) is 0 Å². The number of hydrogen-bond acceptors (Lipinski definition) is 2. The molecule has 2 atom stereocenters. The monoisotopic (exact) mass is 238 g/mol. The predicted octanol–water partition coefficient (Wildman–Crippen LogP) is 2.07. The number of hydrogen-bond donors (Lipinski definition) is 2. The van der Waals surface area contributed by atoms with Gasteiger partial charge in [0.05, 0.1) is 5.92 Å². The standard InChI is InChI=1S/C14H26N2O/c1-3-14(7-4-5-8-14)10-16-13(17)12-6-9-15-11(12)2/h11-12,15H,3-10H2,1-2H3,(H,16,17). The fourth-order valence-electron chi connectivity index (χ4n) is 3.40. The Morgan fingerprint density at radius 1 is 1.41 bits per heavy atom. The zero-order chi connectivity index (χ0) is 12.3. The highest BCUT2D eigenvalue weighted by atomic mass is 16.1. The van der Waals surface area contributed by atoms with Gasteiger partial charge in [0, 0.05) is 12.6 Å². The molecule has 2 fully saturated rings. The molecule has 2 rings (SSSR count). The number of amides is 1. The van der Waals surface area contributed by atoms with Crippen molar-refractivity contribution >= 4 is 5.91 Å². The van der Waals surface area contributed by atoms with E-state index >= 15 is 0 Å². The van der Waals surface area contributed by atoms with Crippen molar-refractivity contribution in [3.05, 3.63) is 0 Å². The topological polar surface area (TPSA) is 41.1 Å². The Morgan fingerprint density at radius 2 is 2.12 bits per heavy atom. The van der Waals surface area contributed by atoms with Crippen LogP contribution in [0.5, 0.6) is 0 Å². The van der Waals surface area contributed by atoms with Gasteiger partial charge in [-0.15, -0.1) is 0 Å². The van der Waals surface area contributed by atoms with Crippen LogP contribution in [0.25, 0.3) is 0 Å². The molecule has 0 aromatic rings. The van der Waals surface area contributed by atoms with Gasteiger partial charge in [-0.3, -0.25) is 4.79 Å². The van der Waals surface area contributed by atoms with Crippen LogP contribution in [-0.4, -0.2) is 25.0 Å². The first-order valence-electron chi connectivity index (χ1n) is 7.18. The zero-order valence-corrected chi connectivity index (χ0v) is 11.2. The molecule has 1 aliphatic carbocycles. The van der Waals surface area contributed by atoms with Crippen molar-refractivity contribution < 1.29 is 4.79 Å². The van der Waals surface area contributed by atoms with Crippen LogP contribution in [0.3, 0.4) is 0 Å². The van der Waals surface area contributed by atoms with Crippen LogP contribution in [0.4, 0.5) is 0 Å². The number of carbonyl (C=O) groups is 1. The molecule has 3 nitrogen and oxygen atoms in total. The average Bonchev–Trinajstić information content (AvgIpc) is 2.95. The van der Waals surface area contributed by atoms with E-state index in [4.69, 9.17) is 0 Å². The number of rotatable bonds is 4. The fourth-order valence-corrected chi connectivity index (χ4v) is 3.40. The zero-order valence-electron chi connectivity index (χ0n) is 11.2. The summed E-state index contributed by atoms with van der Waals surface area (Å²) < 4.78 is 0. The molecule has 1 amide bonds. The van der Waals surface area contributed by atoms with Gasteiger partial charge in [0.2, 0.25) is 5.91 Å². The molecule has 1 saturated carbocycles. The molecule has 0 radical (unpaired) electrons. The Kier molecular flexibility index (Phi) is 4.08. The maximum Gasteiger partial charge on any atom is 0.224 e. The van der Waals surface area contributed by atoms with Gasteiger partial charge in [0.1, 0.15) is 0 Å². The molecule has 0 spiro atoms. The lowest BCUT2D eigenvalue weighted by Crippen LogP contribution is -2.41. The van der Waals surface area contributed by atoms with E-state index in [9.17, 15) is 4.79 Å². The maximum atomic E-state index is 12.1. The van der Waals surface area contributed by atoms with Crippen LogP contribution in [0.15, 0.2) is 0 Å². The summed E-state index contributed by atoms with van der Waals surface area (Å²) in [5, 5.41) is 6.55. The van der Waals surface area contributed by atoms with E-state index in [-0.39, 0.29) is 11.8 Å². The van der Waals surface area contributed by atoms with Gasteiger partial charge in [-0.2, -0.15) is 0 Å². The van der Waals surface area contributed by atoms with Crippen molar-refractivity contribution in [3.63, 3.8) is 0 Å². The molecule has 0 aromatic heterocycles. The Labute approximate surface area is 105 Å². The number of nitrogens with one attached hydrogen (secondary N) is 2. The fraction of sp³-hybridized carbons (Fsp3) is 0.929. The summed E-state index contributed by atoms with van der Waals surface area (Å²) in [7, 11) is 0. The normalized spacial score (nSPS) is 31.6. The van der Waals surface area contributed by atoms with E-state index in [1.165, 1.54) is 32.1 Å². The van der Waals surface area contributed by atoms with Gasteiger partial charge in [0.25, 0.3) is 0 Å². The minimum atomic E-state index is 0.185. The van der Waals surface area contributed by atoms with Crippen LogP contribution in [0.2, 0.25) is 0 Å².